The molecule has 0 saturated heterocycles. The van der Waals surface area contributed by atoms with Crippen molar-refractivity contribution in [3.63, 3.8) is 0 Å². The van der Waals surface area contributed by atoms with E-state index in [0.29, 0.717) is 6.54 Å². The lowest BCUT2D eigenvalue weighted by atomic mass is 9.52. The number of ether oxygens (including phenoxy) is 1. The molecule has 33 heavy (non-hydrogen) atoms. The van der Waals surface area contributed by atoms with Crippen LogP contribution in [0.4, 0.5) is 4.39 Å². The molecule has 3 aliphatic carbocycles. The van der Waals surface area contributed by atoms with Crippen molar-refractivity contribution in [2.45, 2.75) is 58.0 Å². The zero-order valence-electron chi connectivity index (χ0n) is 19.0. The van der Waals surface area contributed by atoms with Crippen molar-refractivity contribution in [3.8, 4) is 5.75 Å². The lowest BCUT2D eigenvalue weighted by molar-refractivity contribution is -0.146. The summed E-state index contributed by atoms with van der Waals surface area (Å²) >= 11 is 5.68. The van der Waals surface area contributed by atoms with Gasteiger partial charge in [-0.15, -0.1) is 0 Å². The lowest BCUT2D eigenvalue weighted by Gasteiger charge is -2.56. The van der Waals surface area contributed by atoms with Gasteiger partial charge < -0.3 is 15.4 Å². The Bertz CT molecular complexity index is 1050. The Morgan fingerprint density at radius 2 is 1.91 bits per heavy atom. The van der Waals surface area contributed by atoms with Crippen LogP contribution in [-0.4, -0.2) is 24.0 Å². The van der Waals surface area contributed by atoms with Gasteiger partial charge in [-0.25, -0.2) is 4.39 Å². The van der Waals surface area contributed by atoms with Crippen LogP contribution < -0.4 is 15.4 Å². The van der Waals surface area contributed by atoms with Crippen molar-refractivity contribution < 1.29 is 18.7 Å². The molecule has 7 heteroatoms. The van der Waals surface area contributed by atoms with Crippen molar-refractivity contribution >= 4 is 23.4 Å². The van der Waals surface area contributed by atoms with Crippen LogP contribution in [0.25, 0.3) is 0 Å². The van der Waals surface area contributed by atoms with E-state index in [1.54, 1.807) is 0 Å². The van der Waals surface area contributed by atoms with Crippen LogP contribution in [0.2, 0.25) is 5.02 Å². The minimum Gasteiger partial charge on any atom is -0.484 e. The van der Waals surface area contributed by atoms with Gasteiger partial charge in [0.25, 0.3) is 5.91 Å². The Morgan fingerprint density at radius 3 is 2.58 bits per heavy atom. The third kappa shape index (κ3) is 5.01. The molecule has 0 aliphatic heterocycles. The van der Waals surface area contributed by atoms with Gasteiger partial charge in [0.15, 0.2) is 6.61 Å². The molecule has 176 valence electrons. The smallest absolute Gasteiger partial charge is 0.258 e. The van der Waals surface area contributed by atoms with Crippen LogP contribution in [-0.2, 0) is 16.1 Å². The van der Waals surface area contributed by atoms with E-state index < -0.39 is 5.82 Å². The Morgan fingerprint density at radius 1 is 1.15 bits per heavy atom. The van der Waals surface area contributed by atoms with Crippen LogP contribution in [0, 0.1) is 24.1 Å². The molecule has 5 rings (SSSR count). The standard InChI is InChI=1S/C26H30ClFN2O3/c1-17-4-3-5-19(12-17)15-29-24(32)26-10-8-25(9-11-26,14-18(26)2)30-23(31)16-33-20-6-7-21(27)22(28)13-20/h3-7,12-13,18H,8-11,14-16H2,1-2H3,(H,29,32)(H,30,31). The first-order chi connectivity index (χ1) is 15.7. The minimum atomic E-state index is -0.585. The quantitative estimate of drug-likeness (QED) is 0.600. The molecular formula is C26H30ClFN2O3. The summed E-state index contributed by atoms with van der Waals surface area (Å²) in [6.07, 6.45) is 3.77. The summed E-state index contributed by atoms with van der Waals surface area (Å²) < 4.78 is 19.0. The monoisotopic (exact) mass is 472 g/mol. The molecule has 0 radical (unpaired) electrons. The van der Waals surface area contributed by atoms with Crippen LogP contribution in [0.15, 0.2) is 42.5 Å². The molecular weight excluding hydrogens is 443 g/mol. The van der Waals surface area contributed by atoms with Gasteiger partial charge in [-0.1, -0.05) is 48.4 Å². The van der Waals surface area contributed by atoms with Gasteiger partial charge in [0.1, 0.15) is 11.6 Å². The molecule has 1 atom stereocenters. The Balaban J connectivity index is 1.32. The average molecular weight is 473 g/mol. The topological polar surface area (TPSA) is 67.4 Å². The van der Waals surface area contributed by atoms with E-state index in [0.717, 1.165) is 37.7 Å². The maximum absolute atomic E-state index is 13.6. The summed E-state index contributed by atoms with van der Waals surface area (Å²) in [4.78, 5) is 25.8. The predicted octanol–water partition coefficient (Wildman–Crippen LogP) is 4.94. The second-order valence-corrected chi connectivity index (χ2v) is 10.0. The van der Waals surface area contributed by atoms with E-state index in [1.807, 2.05) is 25.1 Å². The van der Waals surface area contributed by atoms with Crippen LogP contribution in [0.5, 0.6) is 5.75 Å². The fourth-order valence-electron chi connectivity index (χ4n) is 5.51. The normalized spacial score (nSPS) is 26.0. The van der Waals surface area contributed by atoms with Gasteiger partial charge in [-0.05, 0) is 62.6 Å². The molecule has 2 N–H and O–H groups in total. The van der Waals surface area contributed by atoms with Gasteiger partial charge >= 0.3 is 0 Å². The molecule has 0 spiro atoms. The second kappa shape index (κ2) is 9.34. The third-order valence-electron chi connectivity index (χ3n) is 7.39. The van der Waals surface area contributed by atoms with E-state index in [9.17, 15) is 14.0 Å². The maximum Gasteiger partial charge on any atom is 0.258 e. The molecule has 1 unspecified atom stereocenters. The number of carbonyl (C=O) groups excluding carboxylic acids is 2. The van der Waals surface area contributed by atoms with Crippen LogP contribution in [0.3, 0.4) is 0 Å². The summed E-state index contributed by atoms with van der Waals surface area (Å²) in [7, 11) is 0. The second-order valence-electron chi connectivity index (χ2n) is 9.63. The maximum atomic E-state index is 13.6. The van der Waals surface area contributed by atoms with Gasteiger partial charge in [-0.2, -0.15) is 0 Å². The molecule has 2 bridgehead atoms. The summed E-state index contributed by atoms with van der Waals surface area (Å²) in [5, 5.41) is 6.32. The van der Waals surface area contributed by atoms with E-state index in [1.165, 1.54) is 23.8 Å². The number of rotatable bonds is 7. The van der Waals surface area contributed by atoms with Gasteiger partial charge in [0.05, 0.1) is 10.4 Å². The molecule has 3 fully saturated rings. The molecule has 3 aliphatic rings. The van der Waals surface area contributed by atoms with E-state index in [2.05, 4.69) is 23.6 Å². The van der Waals surface area contributed by atoms with Crippen molar-refractivity contribution in [3.05, 3.63) is 64.4 Å². The SMILES string of the molecule is Cc1cccc(CNC(=O)C23CCC(NC(=O)COc4ccc(Cl)c(F)c4)(CC2)CC3C)c1. The zero-order chi connectivity index (χ0) is 23.6. The Hall–Kier alpha value is -2.60. The number of nitrogens with one attached hydrogen (secondary N) is 2. The fraction of sp³-hybridized carbons (Fsp3) is 0.462. The number of fused-ring (bicyclic) bond motifs is 3. The van der Waals surface area contributed by atoms with E-state index in [4.69, 9.17) is 16.3 Å². The number of aryl methyl sites for hydroxylation is 1. The Kier molecular flexibility index (Phi) is 6.66. The number of amides is 2. The van der Waals surface area contributed by atoms with Gasteiger partial charge in [0.2, 0.25) is 5.91 Å². The third-order valence-corrected chi connectivity index (χ3v) is 7.70. The molecule has 0 heterocycles. The van der Waals surface area contributed by atoms with Crippen molar-refractivity contribution in [1.82, 2.24) is 10.6 Å². The summed E-state index contributed by atoms with van der Waals surface area (Å²) in [5.74, 6) is -0.294. The summed E-state index contributed by atoms with van der Waals surface area (Å²) in [6, 6.07) is 12.3. The van der Waals surface area contributed by atoms with Crippen LogP contribution >= 0.6 is 11.6 Å². The first kappa shape index (κ1) is 23.6. The van der Waals surface area contributed by atoms with Crippen molar-refractivity contribution in [1.29, 1.82) is 0 Å². The van der Waals surface area contributed by atoms with E-state index in [-0.39, 0.29) is 46.1 Å². The molecule has 5 nitrogen and oxygen atoms in total. The highest BCUT2D eigenvalue weighted by molar-refractivity contribution is 6.30. The molecule has 2 amide bonds. The fourth-order valence-corrected chi connectivity index (χ4v) is 5.63. The highest BCUT2D eigenvalue weighted by Gasteiger charge is 2.56. The summed E-state index contributed by atoms with van der Waals surface area (Å²) in [6.45, 7) is 4.48. The number of hydrogen-bond acceptors (Lipinski definition) is 3. The predicted molar refractivity (Wildman–Crippen MR) is 125 cm³/mol. The lowest BCUT2D eigenvalue weighted by Crippen LogP contribution is -2.63. The molecule has 0 aromatic heterocycles. The van der Waals surface area contributed by atoms with Crippen LogP contribution in [0.1, 0.15) is 50.2 Å². The summed E-state index contributed by atoms with van der Waals surface area (Å²) in [5.41, 5.74) is 1.58. The average Bonchev–Trinajstić information content (AvgIpc) is 2.79. The van der Waals surface area contributed by atoms with E-state index >= 15 is 0 Å². The number of carbonyl (C=O) groups is 2. The minimum absolute atomic E-state index is 0.00971. The molecule has 2 aromatic carbocycles. The van der Waals surface area contributed by atoms with Gasteiger partial charge in [0, 0.05) is 18.2 Å². The molecule has 2 aromatic rings. The highest BCUT2D eigenvalue weighted by Crippen LogP contribution is 2.55. The largest absolute Gasteiger partial charge is 0.484 e. The first-order valence-electron chi connectivity index (χ1n) is 11.4. The first-order valence-corrected chi connectivity index (χ1v) is 11.8. The molecule has 3 saturated carbocycles. The number of benzene rings is 2. The number of hydrogen-bond donors (Lipinski definition) is 2. The van der Waals surface area contributed by atoms with Crippen molar-refractivity contribution in [2.24, 2.45) is 11.3 Å². The Labute approximate surface area is 199 Å². The zero-order valence-corrected chi connectivity index (χ0v) is 19.8. The van der Waals surface area contributed by atoms with Crippen molar-refractivity contribution in [2.75, 3.05) is 6.61 Å². The number of halogens is 2. The highest BCUT2D eigenvalue weighted by atomic mass is 35.5. The van der Waals surface area contributed by atoms with Gasteiger partial charge in [-0.3, -0.25) is 9.59 Å².